The molecule has 1 N–H and O–H groups in total. The minimum atomic E-state index is -4.41. The van der Waals surface area contributed by atoms with Crippen LogP contribution in [0, 0.1) is 0 Å². The molecule has 0 radical (unpaired) electrons. The van der Waals surface area contributed by atoms with E-state index in [0.717, 1.165) is 36.2 Å². The molecule has 1 heterocycles. The highest BCUT2D eigenvalue weighted by atomic mass is 19.4. The SMILES string of the molecule is O=C(NC1CCC(Oc2ccc(C(F)(F)F)cn2)CC1)c1ccc(-c2ccccc2)cc1. The number of amides is 1. The second-order valence-corrected chi connectivity index (χ2v) is 7.89. The normalized spacial score (nSPS) is 18.7. The van der Waals surface area contributed by atoms with Crippen molar-refractivity contribution in [2.24, 2.45) is 0 Å². The van der Waals surface area contributed by atoms with E-state index in [2.05, 4.69) is 10.3 Å². The van der Waals surface area contributed by atoms with E-state index in [9.17, 15) is 18.0 Å². The van der Waals surface area contributed by atoms with Crippen LogP contribution in [0.25, 0.3) is 11.1 Å². The minimum Gasteiger partial charge on any atom is -0.474 e. The van der Waals surface area contributed by atoms with Gasteiger partial charge in [-0.05, 0) is 55.0 Å². The van der Waals surface area contributed by atoms with Crippen LogP contribution in [0.5, 0.6) is 5.88 Å². The van der Waals surface area contributed by atoms with Crippen molar-refractivity contribution >= 4 is 5.91 Å². The molecule has 4 nitrogen and oxygen atoms in total. The fraction of sp³-hybridized carbons (Fsp3) is 0.280. The number of nitrogens with one attached hydrogen (secondary N) is 1. The van der Waals surface area contributed by atoms with Gasteiger partial charge in [0.1, 0.15) is 6.10 Å². The number of benzene rings is 2. The number of nitrogens with zero attached hydrogens (tertiary/aromatic N) is 1. The van der Waals surface area contributed by atoms with Crippen molar-refractivity contribution in [3.8, 4) is 17.0 Å². The molecule has 32 heavy (non-hydrogen) atoms. The minimum absolute atomic E-state index is 0.0386. The van der Waals surface area contributed by atoms with Crippen molar-refractivity contribution in [3.05, 3.63) is 84.1 Å². The number of rotatable bonds is 5. The quantitative estimate of drug-likeness (QED) is 0.538. The summed E-state index contributed by atoms with van der Waals surface area (Å²) in [4.78, 5) is 16.4. The lowest BCUT2D eigenvalue weighted by atomic mass is 9.92. The summed E-state index contributed by atoms with van der Waals surface area (Å²) in [7, 11) is 0. The maximum Gasteiger partial charge on any atom is 0.417 e. The smallest absolute Gasteiger partial charge is 0.417 e. The first kappa shape index (κ1) is 21.9. The maximum absolute atomic E-state index is 12.6. The Morgan fingerprint density at radius 2 is 1.53 bits per heavy atom. The van der Waals surface area contributed by atoms with E-state index in [1.165, 1.54) is 6.07 Å². The number of pyridine rings is 1. The molecule has 0 atom stereocenters. The Morgan fingerprint density at radius 1 is 0.875 bits per heavy atom. The van der Waals surface area contributed by atoms with Gasteiger partial charge in [-0.2, -0.15) is 13.2 Å². The molecular weight excluding hydrogens is 417 g/mol. The van der Waals surface area contributed by atoms with E-state index in [-0.39, 0.29) is 23.9 Å². The molecule has 0 spiro atoms. The molecule has 1 aliphatic carbocycles. The van der Waals surface area contributed by atoms with Gasteiger partial charge in [0.2, 0.25) is 5.88 Å². The van der Waals surface area contributed by atoms with Gasteiger partial charge < -0.3 is 10.1 Å². The van der Waals surface area contributed by atoms with Gasteiger partial charge in [-0.1, -0.05) is 42.5 Å². The predicted molar refractivity (Wildman–Crippen MR) is 115 cm³/mol. The Morgan fingerprint density at radius 3 is 2.12 bits per heavy atom. The molecule has 0 unspecified atom stereocenters. The number of halogens is 3. The summed E-state index contributed by atoms with van der Waals surface area (Å²) in [5.74, 6) is 0.0716. The number of ether oxygens (including phenoxy) is 1. The van der Waals surface area contributed by atoms with E-state index < -0.39 is 11.7 Å². The first-order valence-electron chi connectivity index (χ1n) is 10.5. The lowest BCUT2D eigenvalue weighted by Gasteiger charge is -2.29. The highest BCUT2D eigenvalue weighted by Gasteiger charge is 2.31. The van der Waals surface area contributed by atoms with Gasteiger partial charge >= 0.3 is 6.18 Å². The van der Waals surface area contributed by atoms with Crippen LogP contribution in [0.2, 0.25) is 0 Å². The zero-order valence-corrected chi connectivity index (χ0v) is 17.3. The van der Waals surface area contributed by atoms with Crippen molar-refractivity contribution in [2.75, 3.05) is 0 Å². The van der Waals surface area contributed by atoms with Crippen LogP contribution in [0.4, 0.5) is 13.2 Å². The van der Waals surface area contributed by atoms with Crippen molar-refractivity contribution in [1.82, 2.24) is 10.3 Å². The number of hydrogen-bond acceptors (Lipinski definition) is 3. The van der Waals surface area contributed by atoms with Crippen LogP contribution in [0.1, 0.15) is 41.6 Å². The van der Waals surface area contributed by atoms with Gasteiger partial charge in [-0.3, -0.25) is 4.79 Å². The first-order valence-corrected chi connectivity index (χ1v) is 10.5. The Hall–Kier alpha value is -3.35. The van der Waals surface area contributed by atoms with Crippen molar-refractivity contribution in [2.45, 2.75) is 44.0 Å². The molecule has 2 aromatic carbocycles. The van der Waals surface area contributed by atoms with Crippen molar-refractivity contribution < 1.29 is 22.7 Å². The Kier molecular flexibility index (Phi) is 6.44. The molecule has 7 heteroatoms. The lowest BCUT2D eigenvalue weighted by molar-refractivity contribution is -0.137. The molecule has 3 aromatic rings. The summed E-state index contributed by atoms with van der Waals surface area (Å²) in [5.41, 5.74) is 1.96. The third-order valence-corrected chi connectivity index (χ3v) is 5.61. The molecule has 1 amide bonds. The number of alkyl halides is 3. The number of carbonyl (C=O) groups excluding carboxylic acids is 1. The average molecular weight is 440 g/mol. The van der Waals surface area contributed by atoms with E-state index in [1.54, 1.807) is 0 Å². The van der Waals surface area contributed by atoms with Gasteiger partial charge in [0.15, 0.2) is 0 Å². The summed E-state index contributed by atoms with van der Waals surface area (Å²) >= 11 is 0. The van der Waals surface area contributed by atoms with E-state index in [4.69, 9.17) is 4.74 Å². The standard InChI is InChI=1S/C25H23F3N2O2/c26-25(27,28)20-10-15-23(29-16-20)32-22-13-11-21(12-14-22)30-24(31)19-8-6-18(7-9-19)17-4-2-1-3-5-17/h1-10,15-16,21-22H,11-14H2,(H,30,31). The third-order valence-electron chi connectivity index (χ3n) is 5.61. The van der Waals surface area contributed by atoms with Gasteiger partial charge in [-0.15, -0.1) is 0 Å². The molecular formula is C25H23F3N2O2. The summed E-state index contributed by atoms with van der Waals surface area (Å²) in [6.07, 6.45) is -0.898. The molecule has 1 saturated carbocycles. The summed E-state index contributed by atoms with van der Waals surface area (Å²) in [6, 6.07) is 19.7. The first-order chi connectivity index (χ1) is 15.4. The third kappa shape index (κ3) is 5.46. The van der Waals surface area contributed by atoms with Gasteiger partial charge in [-0.25, -0.2) is 4.98 Å². The van der Waals surface area contributed by atoms with E-state index in [1.807, 2.05) is 54.6 Å². The van der Waals surface area contributed by atoms with Crippen LogP contribution in [-0.4, -0.2) is 23.0 Å². The maximum atomic E-state index is 12.6. The highest BCUT2D eigenvalue weighted by molar-refractivity contribution is 5.94. The van der Waals surface area contributed by atoms with Crippen LogP contribution < -0.4 is 10.1 Å². The topological polar surface area (TPSA) is 51.2 Å². The van der Waals surface area contributed by atoms with Gasteiger partial charge in [0.05, 0.1) is 5.56 Å². The van der Waals surface area contributed by atoms with E-state index in [0.29, 0.717) is 18.4 Å². The Bertz CT molecular complexity index is 1030. The van der Waals surface area contributed by atoms with Gasteiger partial charge in [0, 0.05) is 23.9 Å². The lowest BCUT2D eigenvalue weighted by Crippen LogP contribution is -2.39. The molecule has 0 aliphatic heterocycles. The van der Waals surface area contributed by atoms with Crippen LogP contribution in [0.3, 0.4) is 0 Å². The second-order valence-electron chi connectivity index (χ2n) is 7.89. The summed E-state index contributed by atoms with van der Waals surface area (Å²) in [5, 5.41) is 3.07. The highest BCUT2D eigenvalue weighted by Crippen LogP contribution is 2.30. The molecule has 4 rings (SSSR count). The second kappa shape index (κ2) is 9.42. The zero-order chi connectivity index (χ0) is 22.6. The zero-order valence-electron chi connectivity index (χ0n) is 17.3. The van der Waals surface area contributed by atoms with Crippen LogP contribution in [-0.2, 0) is 6.18 Å². The fourth-order valence-corrected chi connectivity index (χ4v) is 3.83. The number of carbonyl (C=O) groups is 1. The Labute approximate surface area is 184 Å². The number of hydrogen-bond donors (Lipinski definition) is 1. The monoisotopic (exact) mass is 440 g/mol. The fourth-order valence-electron chi connectivity index (χ4n) is 3.83. The molecule has 0 saturated heterocycles. The Balaban J connectivity index is 1.26. The largest absolute Gasteiger partial charge is 0.474 e. The number of aromatic nitrogens is 1. The van der Waals surface area contributed by atoms with Crippen molar-refractivity contribution in [3.63, 3.8) is 0 Å². The average Bonchev–Trinajstić information content (AvgIpc) is 2.81. The predicted octanol–water partition coefficient (Wildman–Crippen LogP) is 5.89. The molecule has 1 aromatic heterocycles. The molecule has 0 bridgehead atoms. The van der Waals surface area contributed by atoms with Crippen molar-refractivity contribution in [1.29, 1.82) is 0 Å². The van der Waals surface area contributed by atoms with Gasteiger partial charge in [0.25, 0.3) is 5.91 Å². The van der Waals surface area contributed by atoms with Crippen LogP contribution in [0.15, 0.2) is 72.9 Å². The van der Waals surface area contributed by atoms with Crippen LogP contribution >= 0.6 is 0 Å². The molecule has 1 aliphatic rings. The summed E-state index contributed by atoms with van der Waals surface area (Å²) in [6.45, 7) is 0. The van der Waals surface area contributed by atoms with E-state index >= 15 is 0 Å². The summed E-state index contributed by atoms with van der Waals surface area (Å²) < 4.78 is 43.6. The molecule has 1 fully saturated rings. The molecule has 166 valence electrons.